The zero-order valence-electron chi connectivity index (χ0n) is 18.8. The number of H-pyrrole nitrogens is 1. The zero-order valence-corrected chi connectivity index (χ0v) is 21.1. The number of hydrogen-bond donors (Lipinski definition) is 2. The van der Waals surface area contributed by atoms with Gasteiger partial charge in [0.15, 0.2) is 0 Å². The molecule has 8 nitrogen and oxygen atoms in total. The summed E-state index contributed by atoms with van der Waals surface area (Å²) in [5.74, 6) is 0.00963. The van der Waals surface area contributed by atoms with Gasteiger partial charge in [0, 0.05) is 36.5 Å². The highest BCUT2D eigenvalue weighted by atomic mass is 35.5. The Kier molecular flexibility index (Phi) is 6.85. The fraction of sp³-hybridized carbons (Fsp3) is 0.391. The van der Waals surface area contributed by atoms with Crippen LogP contribution >= 0.6 is 23.4 Å². The molecule has 11 heteroatoms. The van der Waals surface area contributed by atoms with E-state index >= 15 is 0 Å². The van der Waals surface area contributed by atoms with Gasteiger partial charge in [0.25, 0.3) is 10.0 Å². The number of aromatic nitrogens is 2. The standard InChI is InChI=1S/C23H26ClN5O3S2/c1-15-4-5-18(28-34(30,31)21-3-2-6-25-20(21)12-24)22-17(15)11-19(27-22)23-26-13-16(33-23)14-29-7-9-32-10-8-29/h2-6,11,16,27-28H,7-10,12-14H2,1H3. The fourth-order valence-electron chi connectivity index (χ4n) is 4.26. The molecule has 0 radical (unpaired) electrons. The van der Waals surface area contributed by atoms with Gasteiger partial charge in [0.2, 0.25) is 0 Å². The van der Waals surface area contributed by atoms with Gasteiger partial charge in [-0.25, -0.2) is 8.42 Å². The minimum atomic E-state index is -3.86. The highest BCUT2D eigenvalue weighted by Crippen LogP contribution is 2.33. The van der Waals surface area contributed by atoms with E-state index in [1.807, 2.05) is 13.0 Å². The number of rotatable bonds is 7. The molecule has 0 saturated carbocycles. The minimum Gasteiger partial charge on any atom is -0.379 e. The second-order valence-corrected chi connectivity index (χ2v) is 11.6. The highest BCUT2D eigenvalue weighted by Gasteiger charge is 2.26. The molecule has 0 amide bonds. The van der Waals surface area contributed by atoms with E-state index in [0.717, 1.165) is 66.6 Å². The predicted molar refractivity (Wildman–Crippen MR) is 138 cm³/mol. The number of fused-ring (bicyclic) bond motifs is 1. The lowest BCUT2D eigenvalue weighted by atomic mass is 10.1. The van der Waals surface area contributed by atoms with Crippen LogP contribution in [0.25, 0.3) is 10.9 Å². The van der Waals surface area contributed by atoms with Crippen molar-refractivity contribution in [1.29, 1.82) is 0 Å². The van der Waals surface area contributed by atoms with Crippen molar-refractivity contribution in [2.24, 2.45) is 4.99 Å². The summed E-state index contributed by atoms with van der Waals surface area (Å²) in [6.07, 6.45) is 1.53. The third-order valence-electron chi connectivity index (χ3n) is 6.03. The summed E-state index contributed by atoms with van der Waals surface area (Å²) in [6.45, 7) is 7.27. The van der Waals surface area contributed by atoms with Gasteiger partial charge in [0.05, 0.1) is 48.2 Å². The number of morpholine rings is 1. The fourth-order valence-corrected chi connectivity index (χ4v) is 6.95. The van der Waals surface area contributed by atoms with Gasteiger partial charge in [-0.2, -0.15) is 0 Å². The van der Waals surface area contributed by atoms with Crippen LogP contribution in [0, 0.1) is 6.92 Å². The SMILES string of the molecule is Cc1ccc(NS(=O)(=O)c2cccnc2CCl)c2[nH]c(C3=NCC(CN4CCOCC4)S3)cc12. The van der Waals surface area contributed by atoms with Gasteiger partial charge in [-0.05, 0) is 36.8 Å². The Morgan fingerprint density at radius 1 is 1.29 bits per heavy atom. The lowest BCUT2D eigenvalue weighted by molar-refractivity contribution is 0.0385. The van der Waals surface area contributed by atoms with Crippen molar-refractivity contribution in [2.45, 2.75) is 22.9 Å². The average Bonchev–Trinajstić information content (AvgIpc) is 3.49. The van der Waals surface area contributed by atoms with Crippen molar-refractivity contribution < 1.29 is 13.2 Å². The van der Waals surface area contributed by atoms with Gasteiger partial charge in [-0.1, -0.05) is 17.8 Å². The van der Waals surface area contributed by atoms with Crippen LogP contribution in [0.5, 0.6) is 0 Å². The molecule has 2 N–H and O–H groups in total. The number of nitrogens with zero attached hydrogens (tertiary/aromatic N) is 3. The Morgan fingerprint density at radius 3 is 2.91 bits per heavy atom. The number of anilines is 1. The molecule has 2 aromatic heterocycles. The molecule has 1 saturated heterocycles. The molecule has 1 aromatic carbocycles. The Hall–Kier alpha value is -2.11. The second kappa shape index (κ2) is 9.87. The van der Waals surface area contributed by atoms with E-state index < -0.39 is 10.0 Å². The van der Waals surface area contributed by atoms with Gasteiger partial charge >= 0.3 is 0 Å². The predicted octanol–water partition coefficient (Wildman–Crippen LogP) is 3.61. The highest BCUT2D eigenvalue weighted by molar-refractivity contribution is 8.15. The number of hydrogen-bond acceptors (Lipinski definition) is 7. The molecule has 2 aliphatic rings. The summed E-state index contributed by atoms with van der Waals surface area (Å²) in [4.78, 5) is 14.8. The molecular weight excluding hydrogens is 494 g/mol. The van der Waals surface area contributed by atoms with E-state index in [1.54, 1.807) is 23.9 Å². The molecule has 0 bridgehead atoms. The number of pyridine rings is 1. The average molecular weight is 520 g/mol. The topological polar surface area (TPSA) is 99.7 Å². The molecule has 0 aliphatic carbocycles. The first kappa shape index (κ1) is 23.6. The summed E-state index contributed by atoms with van der Waals surface area (Å²) in [5.41, 5.74) is 3.48. The number of benzene rings is 1. The maximum absolute atomic E-state index is 13.1. The normalized spacial score (nSPS) is 19.5. The number of aromatic amines is 1. The number of alkyl halides is 1. The van der Waals surface area contributed by atoms with Crippen LogP contribution < -0.4 is 4.72 Å². The molecule has 0 spiro atoms. The first-order chi connectivity index (χ1) is 16.4. The van der Waals surface area contributed by atoms with E-state index in [2.05, 4.69) is 25.7 Å². The zero-order chi connectivity index (χ0) is 23.7. The maximum atomic E-state index is 13.1. The van der Waals surface area contributed by atoms with Gasteiger partial charge in [0.1, 0.15) is 9.94 Å². The second-order valence-electron chi connectivity index (χ2n) is 8.39. The number of thioether (sulfide) groups is 1. The largest absolute Gasteiger partial charge is 0.379 e. The van der Waals surface area contributed by atoms with Crippen LogP contribution in [-0.2, 0) is 20.6 Å². The Bertz CT molecular complexity index is 1340. The number of sulfonamides is 1. The van der Waals surface area contributed by atoms with Crippen LogP contribution in [0.2, 0.25) is 0 Å². The van der Waals surface area contributed by atoms with Crippen molar-refractivity contribution in [2.75, 3.05) is 44.1 Å². The van der Waals surface area contributed by atoms with Crippen molar-refractivity contribution in [1.82, 2.24) is 14.9 Å². The summed E-state index contributed by atoms with van der Waals surface area (Å²) in [7, 11) is -3.86. The van der Waals surface area contributed by atoms with Crippen molar-refractivity contribution in [3.8, 4) is 0 Å². The summed E-state index contributed by atoms with van der Waals surface area (Å²) >= 11 is 7.69. The molecule has 2 aliphatic heterocycles. The first-order valence-electron chi connectivity index (χ1n) is 11.1. The van der Waals surface area contributed by atoms with Crippen LogP contribution in [0.4, 0.5) is 5.69 Å². The number of aryl methyl sites for hydroxylation is 1. The smallest absolute Gasteiger partial charge is 0.263 e. The van der Waals surface area contributed by atoms with E-state index in [0.29, 0.717) is 16.6 Å². The molecule has 4 heterocycles. The lowest BCUT2D eigenvalue weighted by Crippen LogP contribution is -2.40. The van der Waals surface area contributed by atoms with Crippen molar-refractivity contribution in [3.05, 3.63) is 53.5 Å². The number of nitrogens with one attached hydrogen (secondary N) is 2. The van der Waals surface area contributed by atoms with E-state index in [1.165, 1.54) is 12.3 Å². The van der Waals surface area contributed by atoms with Crippen LogP contribution in [0.1, 0.15) is 17.0 Å². The molecular formula is C23H26ClN5O3S2. The Labute approximate surface area is 208 Å². The molecule has 5 rings (SSSR count). The summed E-state index contributed by atoms with van der Waals surface area (Å²) in [6, 6.07) is 8.84. The van der Waals surface area contributed by atoms with Crippen LogP contribution in [0.3, 0.4) is 0 Å². The lowest BCUT2D eigenvalue weighted by Gasteiger charge is -2.28. The van der Waals surface area contributed by atoms with Crippen LogP contribution in [0.15, 0.2) is 46.4 Å². The Morgan fingerprint density at radius 2 is 2.12 bits per heavy atom. The molecule has 1 fully saturated rings. The number of aliphatic imine (C=N–C) groups is 1. The summed E-state index contributed by atoms with van der Waals surface area (Å²) < 4.78 is 34.4. The Balaban J connectivity index is 1.39. The quantitative estimate of drug-likeness (QED) is 0.463. The number of halogens is 1. The molecule has 180 valence electrons. The first-order valence-corrected chi connectivity index (χ1v) is 14.0. The third kappa shape index (κ3) is 4.83. The summed E-state index contributed by atoms with van der Waals surface area (Å²) in [5, 5.41) is 2.32. The van der Waals surface area contributed by atoms with Crippen molar-refractivity contribution in [3.63, 3.8) is 0 Å². The molecule has 1 atom stereocenters. The van der Waals surface area contributed by atoms with E-state index in [4.69, 9.17) is 21.3 Å². The maximum Gasteiger partial charge on any atom is 0.263 e. The minimum absolute atomic E-state index is 0.00963. The molecule has 3 aromatic rings. The molecule has 34 heavy (non-hydrogen) atoms. The van der Waals surface area contributed by atoms with Gasteiger partial charge in [-0.15, -0.1) is 11.6 Å². The number of ether oxygens (including phenoxy) is 1. The van der Waals surface area contributed by atoms with Crippen molar-refractivity contribution >= 4 is 55.0 Å². The van der Waals surface area contributed by atoms with E-state index in [9.17, 15) is 8.42 Å². The van der Waals surface area contributed by atoms with E-state index in [-0.39, 0.29) is 10.8 Å². The van der Waals surface area contributed by atoms with Gasteiger partial charge < -0.3 is 9.72 Å². The monoisotopic (exact) mass is 519 g/mol. The van der Waals surface area contributed by atoms with Gasteiger partial charge in [-0.3, -0.25) is 19.6 Å². The molecule has 1 unspecified atom stereocenters. The third-order valence-corrected chi connectivity index (χ3v) is 8.93. The van der Waals surface area contributed by atoms with Crippen LogP contribution in [-0.4, -0.2) is 73.0 Å².